The van der Waals surface area contributed by atoms with E-state index in [-0.39, 0.29) is 42.9 Å². The van der Waals surface area contributed by atoms with E-state index >= 15 is 0 Å². The van der Waals surface area contributed by atoms with Crippen molar-refractivity contribution in [3.63, 3.8) is 0 Å². The number of alkyl halides is 6. The molecule has 3 saturated heterocycles. The molecule has 0 radical (unpaired) electrons. The summed E-state index contributed by atoms with van der Waals surface area (Å²) in [5.41, 5.74) is -2.45. The molecule has 16 heteroatoms. The minimum atomic E-state index is -5.05. The highest BCUT2D eigenvalue weighted by Gasteiger charge is 2.41. The number of halogens is 6. The number of hydrogen-bond acceptors (Lipinski definition) is 8. The van der Waals surface area contributed by atoms with Gasteiger partial charge >= 0.3 is 12.4 Å². The fraction of sp³-hybridized carbons (Fsp3) is 0.515. The molecule has 3 aliphatic rings. The van der Waals surface area contributed by atoms with Gasteiger partial charge in [0.1, 0.15) is 10.6 Å². The normalized spacial score (nSPS) is 22.9. The molecule has 0 spiro atoms. The molecule has 2 aromatic carbocycles. The Labute approximate surface area is 283 Å². The molecule has 9 nitrogen and oxygen atoms in total. The summed E-state index contributed by atoms with van der Waals surface area (Å²) < 4.78 is 85.4. The zero-order chi connectivity index (χ0) is 34.9. The quantitative estimate of drug-likeness (QED) is 0.352. The van der Waals surface area contributed by atoms with Crippen molar-refractivity contribution in [3.05, 3.63) is 81.4 Å². The van der Waals surface area contributed by atoms with Crippen LogP contribution in [0.3, 0.4) is 0 Å². The van der Waals surface area contributed by atoms with Gasteiger partial charge in [-0.2, -0.15) is 26.3 Å². The van der Waals surface area contributed by atoms with Crippen LogP contribution in [0.1, 0.15) is 61.7 Å². The molecular weight excluding hydrogens is 674 g/mol. The number of rotatable bonds is 7. The van der Waals surface area contributed by atoms with Gasteiger partial charge in [-0.05, 0) is 61.0 Å². The van der Waals surface area contributed by atoms with Gasteiger partial charge in [0, 0.05) is 69.5 Å². The average Bonchev–Trinajstić information content (AvgIpc) is 3.78. The molecule has 49 heavy (non-hydrogen) atoms. The summed E-state index contributed by atoms with van der Waals surface area (Å²) in [7, 11) is 0. The first-order valence-electron chi connectivity index (χ1n) is 16.2. The largest absolute Gasteiger partial charge is 0.416 e. The number of aliphatic hydroxyl groups excluding tert-OH is 1. The van der Waals surface area contributed by atoms with E-state index < -0.39 is 41.0 Å². The highest BCUT2D eigenvalue weighted by atomic mass is 32.1. The van der Waals surface area contributed by atoms with Crippen molar-refractivity contribution in [2.24, 2.45) is 0 Å². The number of piperidine rings is 1. The van der Waals surface area contributed by atoms with Crippen LogP contribution in [-0.4, -0.2) is 110 Å². The zero-order valence-electron chi connectivity index (χ0n) is 26.5. The Hall–Kier alpha value is -3.60. The number of carbonyl (C=O) groups excluding carboxylic acids is 2. The lowest BCUT2D eigenvalue weighted by molar-refractivity contribution is -0.143. The van der Waals surface area contributed by atoms with Crippen molar-refractivity contribution in [1.29, 1.82) is 0 Å². The lowest BCUT2D eigenvalue weighted by atomic mass is 9.90. The van der Waals surface area contributed by atoms with Gasteiger partial charge in [-0.3, -0.25) is 19.4 Å². The van der Waals surface area contributed by atoms with Gasteiger partial charge in [0.05, 0.1) is 17.7 Å². The van der Waals surface area contributed by atoms with Gasteiger partial charge in [-0.1, -0.05) is 34.8 Å². The summed E-state index contributed by atoms with van der Waals surface area (Å²) >= 11 is 0.979. The van der Waals surface area contributed by atoms with E-state index in [0.29, 0.717) is 49.4 Å². The lowest BCUT2D eigenvalue weighted by Crippen LogP contribution is -2.58. The molecule has 6 rings (SSSR count). The van der Waals surface area contributed by atoms with Gasteiger partial charge in [0.15, 0.2) is 0 Å². The second-order valence-electron chi connectivity index (χ2n) is 12.8. The van der Waals surface area contributed by atoms with Crippen LogP contribution in [0.25, 0.3) is 0 Å². The highest BCUT2D eigenvalue weighted by molar-refractivity contribution is 7.08. The van der Waals surface area contributed by atoms with Crippen molar-refractivity contribution < 1.29 is 41.0 Å². The molecule has 1 N–H and O–H groups in total. The van der Waals surface area contributed by atoms with Crippen molar-refractivity contribution in [2.75, 3.05) is 45.8 Å². The predicted octanol–water partition coefficient (Wildman–Crippen LogP) is 4.82. The van der Waals surface area contributed by atoms with Crippen LogP contribution in [0.4, 0.5) is 26.3 Å². The molecule has 3 fully saturated rings. The molecule has 4 heterocycles. The molecule has 3 atom stereocenters. The SMILES string of the molecule is O=C(c1snnc1CO)N1CCC(N2CCN(C3CCN(C(=O)c4cc(C(F)(F)F)cc(C(F)(F)F)c4)C(Cc4ccccc4)C3)CC2)C1. The Morgan fingerprint density at radius 3 is 2.04 bits per heavy atom. The predicted molar refractivity (Wildman–Crippen MR) is 168 cm³/mol. The fourth-order valence-electron chi connectivity index (χ4n) is 7.26. The number of aliphatic hydroxyl groups is 1. The standard InChI is InChI=1S/C33H36F6N6O3S/c34-32(35,36)23-15-22(16-24(17-23)33(37,38)39)30(47)45-9-7-25(18-27(45)14-21-4-2-1-3-5-21)42-10-12-43(13-11-42)26-6-8-44(19-26)31(48)29-28(20-46)40-41-49-29/h1-5,15-17,25-27,46H,6-14,18-20H2. The number of hydrogen-bond donors (Lipinski definition) is 1. The van der Waals surface area contributed by atoms with Crippen LogP contribution in [0, 0.1) is 0 Å². The van der Waals surface area contributed by atoms with Crippen LogP contribution in [-0.2, 0) is 25.4 Å². The van der Waals surface area contributed by atoms with E-state index in [0.717, 1.165) is 49.7 Å². The molecular formula is C33H36F6N6O3S. The number of carbonyl (C=O) groups is 2. The first kappa shape index (κ1) is 35.2. The van der Waals surface area contributed by atoms with Gasteiger partial charge in [-0.25, -0.2) is 0 Å². The maximum atomic E-state index is 13.7. The monoisotopic (exact) mass is 710 g/mol. The van der Waals surface area contributed by atoms with E-state index in [1.165, 1.54) is 4.90 Å². The first-order valence-corrected chi connectivity index (χ1v) is 16.9. The molecule has 0 bridgehead atoms. The van der Waals surface area contributed by atoms with Crippen LogP contribution in [0.15, 0.2) is 48.5 Å². The van der Waals surface area contributed by atoms with Gasteiger partial charge in [-0.15, -0.1) is 5.10 Å². The maximum absolute atomic E-state index is 13.7. The third kappa shape index (κ3) is 7.92. The number of nitrogens with zero attached hydrogens (tertiary/aromatic N) is 6. The topological polar surface area (TPSA) is 93.1 Å². The van der Waals surface area contributed by atoms with E-state index in [2.05, 4.69) is 19.4 Å². The molecule has 264 valence electrons. The molecule has 3 aromatic rings. The molecule has 0 saturated carbocycles. The molecule has 2 amide bonds. The average molecular weight is 711 g/mol. The summed E-state index contributed by atoms with van der Waals surface area (Å²) in [6.45, 7) is 4.03. The number of aromatic nitrogens is 2. The van der Waals surface area contributed by atoms with E-state index in [9.17, 15) is 41.0 Å². The second kappa shape index (κ2) is 14.3. The van der Waals surface area contributed by atoms with Crippen molar-refractivity contribution >= 4 is 23.3 Å². The summed E-state index contributed by atoms with van der Waals surface area (Å²) in [6, 6.07) is 10.2. The third-order valence-electron chi connectivity index (χ3n) is 9.83. The van der Waals surface area contributed by atoms with Gasteiger partial charge < -0.3 is 14.9 Å². The number of amides is 2. The fourth-order valence-corrected chi connectivity index (χ4v) is 7.90. The Kier molecular flexibility index (Phi) is 10.3. The van der Waals surface area contributed by atoms with Crippen LogP contribution >= 0.6 is 11.5 Å². The summed E-state index contributed by atoms with van der Waals surface area (Å²) in [4.78, 5) is 35.1. The zero-order valence-corrected chi connectivity index (χ0v) is 27.3. The summed E-state index contributed by atoms with van der Waals surface area (Å²) in [5.74, 6) is -1.02. The Morgan fingerprint density at radius 2 is 1.43 bits per heavy atom. The third-order valence-corrected chi connectivity index (χ3v) is 10.6. The highest BCUT2D eigenvalue weighted by Crippen LogP contribution is 2.37. The Balaban J connectivity index is 1.13. The number of benzene rings is 2. The number of piperazine rings is 1. The minimum absolute atomic E-state index is 0.0385. The van der Waals surface area contributed by atoms with Crippen LogP contribution in [0.5, 0.6) is 0 Å². The molecule has 1 aromatic heterocycles. The summed E-state index contributed by atoms with van der Waals surface area (Å²) in [5, 5.41) is 13.3. The number of likely N-dealkylation sites (tertiary alicyclic amines) is 2. The summed E-state index contributed by atoms with van der Waals surface area (Å²) in [6.07, 6.45) is -7.82. The molecule has 3 aliphatic heterocycles. The first-order chi connectivity index (χ1) is 23.3. The van der Waals surface area contributed by atoms with Gasteiger partial charge in [0.2, 0.25) is 0 Å². The van der Waals surface area contributed by atoms with Crippen LogP contribution in [0.2, 0.25) is 0 Å². The van der Waals surface area contributed by atoms with E-state index in [1.807, 2.05) is 30.3 Å². The van der Waals surface area contributed by atoms with Gasteiger partial charge in [0.25, 0.3) is 11.8 Å². The van der Waals surface area contributed by atoms with Crippen molar-refractivity contribution in [3.8, 4) is 0 Å². The minimum Gasteiger partial charge on any atom is -0.390 e. The molecule has 3 unspecified atom stereocenters. The Morgan fingerprint density at radius 1 is 0.816 bits per heavy atom. The maximum Gasteiger partial charge on any atom is 0.416 e. The second-order valence-corrected chi connectivity index (χ2v) is 13.5. The Bertz CT molecular complexity index is 1600. The lowest BCUT2D eigenvalue weighted by Gasteiger charge is -2.47. The smallest absolute Gasteiger partial charge is 0.390 e. The van der Waals surface area contributed by atoms with Crippen molar-refractivity contribution in [2.45, 2.75) is 62.8 Å². The van der Waals surface area contributed by atoms with E-state index in [4.69, 9.17) is 0 Å². The van der Waals surface area contributed by atoms with E-state index in [1.54, 1.807) is 4.90 Å². The molecule has 0 aliphatic carbocycles. The van der Waals surface area contributed by atoms with Crippen LogP contribution < -0.4 is 0 Å². The van der Waals surface area contributed by atoms with Crippen molar-refractivity contribution in [1.82, 2.24) is 29.2 Å².